The fourth-order valence-corrected chi connectivity index (χ4v) is 2.04. The van der Waals surface area contributed by atoms with Crippen molar-refractivity contribution in [3.63, 3.8) is 0 Å². The maximum Gasteiger partial charge on any atom is 0.150 e. The third kappa shape index (κ3) is 1.28. The standard InChI is InChI=1S/C11H9BrO2/c1-6-7(2)14-11-9(6)3-8(5-13)4-10(11)12/h3-5H,1-2H3. The lowest BCUT2D eigenvalue weighted by Crippen LogP contribution is -1.80. The van der Waals surface area contributed by atoms with Crippen molar-refractivity contribution in [2.45, 2.75) is 13.8 Å². The van der Waals surface area contributed by atoms with E-state index in [-0.39, 0.29) is 0 Å². The van der Waals surface area contributed by atoms with Crippen molar-refractivity contribution in [2.75, 3.05) is 0 Å². The predicted octanol–water partition coefficient (Wildman–Crippen LogP) is 3.62. The molecule has 0 spiro atoms. The number of carbonyl (C=O) groups is 1. The van der Waals surface area contributed by atoms with Gasteiger partial charge in [-0.1, -0.05) is 0 Å². The lowest BCUT2D eigenvalue weighted by molar-refractivity contribution is 0.112. The molecule has 2 aromatic rings. The summed E-state index contributed by atoms with van der Waals surface area (Å²) in [6, 6.07) is 3.61. The summed E-state index contributed by atoms with van der Waals surface area (Å²) in [5.41, 5.74) is 2.56. The van der Waals surface area contributed by atoms with Gasteiger partial charge < -0.3 is 4.42 Å². The topological polar surface area (TPSA) is 30.2 Å². The molecule has 2 nitrogen and oxygen atoms in total. The van der Waals surface area contributed by atoms with E-state index in [4.69, 9.17) is 4.42 Å². The van der Waals surface area contributed by atoms with Crippen LogP contribution in [0, 0.1) is 13.8 Å². The van der Waals surface area contributed by atoms with Crippen molar-refractivity contribution >= 4 is 33.2 Å². The van der Waals surface area contributed by atoms with Gasteiger partial charge in [-0.05, 0) is 47.5 Å². The molecule has 0 bridgehead atoms. The Hall–Kier alpha value is -1.09. The Morgan fingerprint density at radius 3 is 2.71 bits per heavy atom. The molecular formula is C11H9BrO2. The van der Waals surface area contributed by atoms with E-state index < -0.39 is 0 Å². The quantitative estimate of drug-likeness (QED) is 0.726. The minimum Gasteiger partial charge on any atom is -0.460 e. The van der Waals surface area contributed by atoms with Crippen molar-refractivity contribution in [3.05, 3.63) is 33.5 Å². The van der Waals surface area contributed by atoms with Gasteiger partial charge in [-0.2, -0.15) is 0 Å². The summed E-state index contributed by atoms with van der Waals surface area (Å²) in [7, 11) is 0. The van der Waals surface area contributed by atoms with E-state index in [1.165, 1.54) is 0 Å². The van der Waals surface area contributed by atoms with Crippen LogP contribution in [0.3, 0.4) is 0 Å². The zero-order chi connectivity index (χ0) is 10.3. The molecule has 0 aliphatic rings. The monoisotopic (exact) mass is 252 g/mol. The molecule has 1 aromatic carbocycles. The third-order valence-corrected chi connectivity index (χ3v) is 2.98. The molecule has 3 heteroatoms. The Morgan fingerprint density at radius 2 is 2.07 bits per heavy atom. The molecule has 14 heavy (non-hydrogen) atoms. The Morgan fingerprint density at radius 1 is 1.36 bits per heavy atom. The second-order valence-electron chi connectivity index (χ2n) is 3.28. The van der Waals surface area contributed by atoms with E-state index in [0.717, 1.165) is 33.1 Å². The van der Waals surface area contributed by atoms with Crippen LogP contribution in [0.5, 0.6) is 0 Å². The number of hydrogen-bond donors (Lipinski definition) is 0. The van der Waals surface area contributed by atoms with Crippen LogP contribution in [-0.4, -0.2) is 6.29 Å². The van der Waals surface area contributed by atoms with Gasteiger partial charge in [0.15, 0.2) is 0 Å². The number of benzene rings is 1. The minimum atomic E-state index is 0.660. The molecule has 0 radical (unpaired) electrons. The summed E-state index contributed by atoms with van der Waals surface area (Å²) in [5, 5.41) is 0.999. The number of aldehydes is 1. The average Bonchev–Trinajstić information content (AvgIpc) is 2.45. The van der Waals surface area contributed by atoms with Gasteiger partial charge in [0.05, 0.1) is 4.47 Å². The summed E-state index contributed by atoms with van der Waals surface area (Å²) in [6.07, 6.45) is 0.839. The highest BCUT2D eigenvalue weighted by Crippen LogP contribution is 2.31. The molecule has 0 aliphatic carbocycles. The highest BCUT2D eigenvalue weighted by Gasteiger charge is 2.10. The first-order valence-electron chi connectivity index (χ1n) is 4.28. The molecule has 0 aliphatic heterocycles. The van der Waals surface area contributed by atoms with Crippen LogP contribution in [-0.2, 0) is 0 Å². The van der Waals surface area contributed by atoms with Gasteiger partial charge in [-0.3, -0.25) is 4.79 Å². The lowest BCUT2D eigenvalue weighted by Gasteiger charge is -1.95. The third-order valence-electron chi connectivity index (χ3n) is 2.39. The first kappa shape index (κ1) is 9.46. The molecule has 0 unspecified atom stereocenters. The van der Waals surface area contributed by atoms with Crippen molar-refractivity contribution in [1.82, 2.24) is 0 Å². The van der Waals surface area contributed by atoms with Crippen molar-refractivity contribution in [3.8, 4) is 0 Å². The highest BCUT2D eigenvalue weighted by atomic mass is 79.9. The molecule has 72 valence electrons. The van der Waals surface area contributed by atoms with E-state index in [9.17, 15) is 4.79 Å². The minimum absolute atomic E-state index is 0.660. The van der Waals surface area contributed by atoms with Crippen LogP contribution >= 0.6 is 15.9 Å². The Balaban J connectivity index is 2.90. The normalized spacial score (nSPS) is 10.8. The fraction of sp³-hybridized carbons (Fsp3) is 0.182. The van der Waals surface area contributed by atoms with Gasteiger partial charge >= 0.3 is 0 Å². The zero-order valence-corrected chi connectivity index (χ0v) is 9.51. The van der Waals surface area contributed by atoms with Crippen LogP contribution in [0.15, 0.2) is 21.0 Å². The molecule has 0 amide bonds. The van der Waals surface area contributed by atoms with Crippen LogP contribution in [0.25, 0.3) is 11.0 Å². The van der Waals surface area contributed by atoms with E-state index in [2.05, 4.69) is 15.9 Å². The van der Waals surface area contributed by atoms with Crippen LogP contribution in [0.2, 0.25) is 0 Å². The molecule has 2 rings (SSSR count). The number of rotatable bonds is 1. The van der Waals surface area contributed by atoms with Crippen molar-refractivity contribution < 1.29 is 9.21 Å². The number of aryl methyl sites for hydroxylation is 2. The molecule has 0 atom stereocenters. The molecule has 0 saturated carbocycles. The van der Waals surface area contributed by atoms with Crippen molar-refractivity contribution in [1.29, 1.82) is 0 Å². The number of carbonyl (C=O) groups excluding carboxylic acids is 1. The van der Waals surface area contributed by atoms with E-state index in [1.54, 1.807) is 6.07 Å². The highest BCUT2D eigenvalue weighted by molar-refractivity contribution is 9.10. The lowest BCUT2D eigenvalue weighted by atomic mass is 10.1. The van der Waals surface area contributed by atoms with Gasteiger partial charge in [-0.15, -0.1) is 0 Å². The SMILES string of the molecule is Cc1oc2c(Br)cc(C=O)cc2c1C. The first-order chi connectivity index (χ1) is 6.63. The molecule has 0 fully saturated rings. The second kappa shape index (κ2) is 3.24. The van der Waals surface area contributed by atoms with Gasteiger partial charge in [0, 0.05) is 10.9 Å². The van der Waals surface area contributed by atoms with Crippen LogP contribution in [0.4, 0.5) is 0 Å². The summed E-state index contributed by atoms with van der Waals surface area (Å²) in [6.45, 7) is 3.91. The number of halogens is 1. The van der Waals surface area contributed by atoms with Crippen LogP contribution < -0.4 is 0 Å². The smallest absolute Gasteiger partial charge is 0.150 e. The maximum atomic E-state index is 10.7. The van der Waals surface area contributed by atoms with Crippen LogP contribution in [0.1, 0.15) is 21.7 Å². The van der Waals surface area contributed by atoms with Gasteiger partial charge in [0.2, 0.25) is 0 Å². The average molecular weight is 253 g/mol. The van der Waals surface area contributed by atoms with Crippen molar-refractivity contribution in [2.24, 2.45) is 0 Å². The summed E-state index contributed by atoms with van der Waals surface area (Å²) in [4.78, 5) is 10.7. The largest absolute Gasteiger partial charge is 0.460 e. The number of hydrogen-bond acceptors (Lipinski definition) is 2. The summed E-state index contributed by atoms with van der Waals surface area (Å²) >= 11 is 3.38. The second-order valence-corrected chi connectivity index (χ2v) is 4.13. The molecule has 0 saturated heterocycles. The van der Waals surface area contributed by atoms with Gasteiger partial charge in [0.1, 0.15) is 17.6 Å². The fourth-order valence-electron chi connectivity index (χ4n) is 1.48. The first-order valence-corrected chi connectivity index (χ1v) is 5.07. The Bertz CT molecular complexity index is 511. The van der Waals surface area contributed by atoms with E-state index >= 15 is 0 Å². The van der Waals surface area contributed by atoms with E-state index in [1.807, 2.05) is 19.9 Å². The predicted molar refractivity (Wildman–Crippen MR) is 58.8 cm³/mol. The molecule has 1 aromatic heterocycles. The van der Waals surface area contributed by atoms with Gasteiger partial charge in [-0.25, -0.2) is 0 Å². The summed E-state index contributed by atoms with van der Waals surface area (Å²) in [5.74, 6) is 0.892. The number of fused-ring (bicyclic) bond motifs is 1. The Labute approximate surface area is 90.0 Å². The molecular weight excluding hydrogens is 244 g/mol. The summed E-state index contributed by atoms with van der Waals surface area (Å²) < 4.78 is 6.39. The maximum absolute atomic E-state index is 10.7. The number of furan rings is 1. The van der Waals surface area contributed by atoms with E-state index in [0.29, 0.717) is 5.56 Å². The molecule has 1 heterocycles. The zero-order valence-electron chi connectivity index (χ0n) is 7.93. The van der Waals surface area contributed by atoms with Gasteiger partial charge in [0.25, 0.3) is 0 Å². The molecule has 0 N–H and O–H groups in total. The Kier molecular flexibility index (Phi) is 2.19.